The Kier molecular flexibility index (Phi) is 7.99. The molecule has 0 radical (unpaired) electrons. The minimum absolute atomic E-state index is 0.0187. The summed E-state index contributed by atoms with van der Waals surface area (Å²) in [6.45, 7) is 2.38. The molecule has 2 fully saturated rings. The molecule has 1 aliphatic carbocycles. The average Bonchev–Trinajstić information content (AvgIpc) is 2.99. The summed E-state index contributed by atoms with van der Waals surface area (Å²) in [5.74, 6) is 0.365. The molecule has 0 aromatic heterocycles. The van der Waals surface area contributed by atoms with Crippen LogP contribution in [-0.4, -0.2) is 67.8 Å². The van der Waals surface area contributed by atoms with Crippen molar-refractivity contribution >= 4 is 11.9 Å². The molecule has 9 heteroatoms. The lowest BCUT2D eigenvalue weighted by molar-refractivity contribution is -0.143. The first-order valence-electron chi connectivity index (χ1n) is 9.49. The fraction of sp³-hybridized carbons (Fsp3) is 0.882. The molecule has 0 spiro atoms. The van der Waals surface area contributed by atoms with Gasteiger partial charge in [0.1, 0.15) is 6.54 Å². The number of guanidine groups is 1. The maximum Gasteiger partial charge on any atom is 0.401 e. The number of rotatable bonds is 6. The van der Waals surface area contributed by atoms with Gasteiger partial charge in [-0.3, -0.25) is 9.69 Å². The van der Waals surface area contributed by atoms with E-state index in [0.717, 1.165) is 25.7 Å². The summed E-state index contributed by atoms with van der Waals surface area (Å²) >= 11 is 0. The molecule has 0 aromatic carbocycles. The van der Waals surface area contributed by atoms with Gasteiger partial charge in [0.15, 0.2) is 5.96 Å². The number of halogens is 3. The highest BCUT2D eigenvalue weighted by Gasteiger charge is 2.34. The van der Waals surface area contributed by atoms with Crippen LogP contribution in [0.4, 0.5) is 13.2 Å². The van der Waals surface area contributed by atoms with E-state index in [2.05, 4.69) is 20.9 Å². The monoisotopic (exact) mass is 377 g/mol. The first-order valence-corrected chi connectivity index (χ1v) is 9.49. The minimum Gasteiger partial charge on any atom is -0.357 e. The van der Waals surface area contributed by atoms with E-state index < -0.39 is 12.7 Å². The number of nitrogens with zero attached hydrogens (tertiary/aromatic N) is 2. The van der Waals surface area contributed by atoms with Crippen LogP contribution in [0.25, 0.3) is 0 Å². The highest BCUT2D eigenvalue weighted by atomic mass is 19.4. The summed E-state index contributed by atoms with van der Waals surface area (Å²) in [6.07, 6.45) is 2.00. The molecule has 1 atom stereocenters. The smallest absolute Gasteiger partial charge is 0.357 e. The van der Waals surface area contributed by atoms with E-state index in [4.69, 9.17) is 0 Å². The second-order valence-electron chi connectivity index (χ2n) is 7.08. The summed E-state index contributed by atoms with van der Waals surface area (Å²) in [7, 11) is 0. The number of carbonyl (C=O) groups excluding carboxylic acids is 1. The Bertz CT molecular complexity index is 478. The molecule has 2 aliphatic rings. The quantitative estimate of drug-likeness (QED) is 0.486. The van der Waals surface area contributed by atoms with Gasteiger partial charge in [-0.25, -0.2) is 4.99 Å². The van der Waals surface area contributed by atoms with E-state index in [1.165, 1.54) is 11.3 Å². The summed E-state index contributed by atoms with van der Waals surface area (Å²) in [5, 5.41) is 9.20. The van der Waals surface area contributed by atoms with E-state index in [9.17, 15) is 18.0 Å². The third-order valence-corrected chi connectivity index (χ3v) is 4.71. The zero-order valence-corrected chi connectivity index (χ0v) is 15.4. The second-order valence-corrected chi connectivity index (χ2v) is 7.08. The van der Waals surface area contributed by atoms with Gasteiger partial charge >= 0.3 is 6.18 Å². The van der Waals surface area contributed by atoms with Crippen LogP contribution in [0.15, 0.2) is 4.99 Å². The topological polar surface area (TPSA) is 68.8 Å². The van der Waals surface area contributed by atoms with Gasteiger partial charge in [-0.2, -0.15) is 13.2 Å². The maximum absolute atomic E-state index is 12.5. The molecule has 6 nitrogen and oxygen atoms in total. The number of hydrogen-bond donors (Lipinski definition) is 3. The van der Waals surface area contributed by atoms with Crippen LogP contribution in [-0.2, 0) is 4.79 Å². The van der Waals surface area contributed by atoms with Crippen molar-refractivity contribution in [2.45, 2.75) is 63.7 Å². The highest BCUT2D eigenvalue weighted by Crippen LogP contribution is 2.20. The largest absolute Gasteiger partial charge is 0.401 e. The van der Waals surface area contributed by atoms with Crippen molar-refractivity contribution in [3.05, 3.63) is 0 Å². The number of aliphatic imine (C=N–C) groups is 1. The van der Waals surface area contributed by atoms with Gasteiger partial charge in [0.25, 0.3) is 0 Å². The molecule has 150 valence electrons. The standard InChI is InChI=1S/C17H30F3N5O/c1-2-21-16(22-10-15(26)23-13-6-4-3-5-7-13)24-14-8-9-25(11-14)12-17(18,19)20/h13-14H,2-12H2,1H3,(H,23,26)(H2,21,22,24). The Morgan fingerprint density at radius 2 is 1.85 bits per heavy atom. The van der Waals surface area contributed by atoms with Gasteiger partial charge in [-0.1, -0.05) is 19.3 Å². The van der Waals surface area contributed by atoms with Crippen LogP contribution in [0, 0.1) is 0 Å². The predicted molar refractivity (Wildman–Crippen MR) is 95.0 cm³/mol. The van der Waals surface area contributed by atoms with Crippen molar-refractivity contribution in [1.82, 2.24) is 20.9 Å². The van der Waals surface area contributed by atoms with Crippen molar-refractivity contribution in [2.24, 2.45) is 4.99 Å². The van der Waals surface area contributed by atoms with Crippen molar-refractivity contribution in [1.29, 1.82) is 0 Å². The van der Waals surface area contributed by atoms with Crippen molar-refractivity contribution in [2.75, 3.05) is 32.7 Å². The minimum atomic E-state index is -4.18. The fourth-order valence-electron chi connectivity index (χ4n) is 3.53. The lowest BCUT2D eigenvalue weighted by Crippen LogP contribution is -2.46. The second kappa shape index (κ2) is 9.99. The number of nitrogens with one attached hydrogen (secondary N) is 3. The highest BCUT2D eigenvalue weighted by molar-refractivity contribution is 5.85. The summed E-state index contributed by atoms with van der Waals surface area (Å²) in [5.41, 5.74) is 0. The van der Waals surface area contributed by atoms with Gasteiger partial charge in [0, 0.05) is 31.7 Å². The number of likely N-dealkylation sites (tertiary alicyclic amines) is 1. The molecule has 1 saturated heterocycles. The molecule has 1 saturated carbocycles. The Hall–Kier alpha value is -1.51. The Morgan fingerprint density at radius 1 is 1.12 bits per heavy atom. The SMILES string of the molecule is CCNC(=NCC(=O)NC1CCCCC1)NC1CCN(CC(F)(F)F)C1. The molecule has 26 heavy (non-hydrogen) atoms. The van der Waals surface area contributed by atoms with Gasteiger partial charge in [-0.05, 0) is 26.2 Å². The van der Waals surface area contributed by atoms with Crippen LogP contribution in [0.3, 0.4) is 0 Å². The van der Waals surface area contributed by atoms with Gasteiger partial charge in [-0.15, -0.1) is 0 Å². The molecule has 1 heterocycles. The molecular weight excluding hydrogens is 347 g/mol. The Labute approximate surface area is 153 Å². The molecule has 3 N–H and O–H groups in total. The normalized spacial score (nSPS) is 23.1. The number of amides is 1. The summed E-state index contributed by atoms with van der Waals surface area (Å²) in [4.78, 5) is 17.7. The first-order chi connectivity index (χ1) is 12.4. The zero-order valence-electron chi connectivity index (χ0n) is 15.4. The van der Waals surface area contributed by atoms with Gasteiger partial charge < -0.3 is 16.0 Å². The van der Waals surface area contributed by atoms with E-state index in [1.807, 2.05) is 6.92 Å². The zero-order chi connectivity index (χ0) is 19.0. The van der Waals surface area contributed by atoms with Crippen molar-refractivity contribution in [3.8, 4) is 0 Å². The molecule has 1 unspecified atom stereocenters. The lowest BCUT2D eigenvalue weighted by atomic mass is 9.95. The third-order valence-electron chi connectivity index (χ3n) is 4.71. The van der Waals surface area contributed by atoms with E-state index >= 15 is 0 Å². The summed E-state index contributed by atoms with van der Waals surface area (Å²) < 4.78 is 37.4. The van der Waals surface area contributed by atoms with E-state index in [0.29, 0.717) is 32.0 Å². The molecule has 1 amide bonds. The fourth-order valence-corrected chi connectivity index (χ4v) is 3.53. The predicted octanol–water partition coefficient (Wildman–Crippen LogP) is 1.63. The third kappa shape index (κ3) is 7.80. The average molecular weight is 377 g/mol. The molecule has 2 rings (SSSR count). The van der Waals surface area contributed by atoms with E-state index in [1.54, 1.807) is 0 Å². The maximum atomic E-state index is 12.5. The summed E-state index contributed by atoms with van der Waals surface area (Å²) in [6, 6.07) is 0.143. The lowest BCUT2D eigenvalue weighted by Gasteiger charge is -2.22. The van der Waals surface area contributed by atoms with E-state index in [-0.39, 0.29) is 24.5 Å². The molecule has 0 aromatic rings. The van der Waals surface area contributed by atoms with Crippen LogP contribution < -0.4 is 16.0 Å². The van der Waals surface area contributed by atoms with Crippen LogP contribution in [0.5, 0.6) is 0 Å². The van der Waals surface area contributed by atoms with Crippen molar-refractivity contribution in [3.63, 3.8) is 0 Å². The van der Waals surface area contributed by atoms with Crippen LogP contribution >= 0.6 is 0 Å². The number of hydrogen-bond acceptors (Lipinski definition) is 3. The number of carbonyl (C=O) groups is 1. The Morgan fingerprint density at radius 3 is 2.50 bits per heavy atom. The molecule has 0 bridgehead atoms. The molecular formula is C17H30F3N5O. The van der Waals surface area contributed by atoms with Gasteiger partial charge in [0.2, 0.25) is 5.91 Å². The first kappa shape index (κ1) is 20.8. The van der Waals surface area contributed by atoms with Crippen molar-refractivity contribution < 1.29 is 18.0 Å². The Balaban J connectivity index is 1.78. The molecule has 1 aliphatic heterocycles. The van der Waals surface area contributed by atoms with Crippen LogP contribution in [0.1, 0.15) is 45.4 Å². The van der Waals surface area contributed by atoms with Crippen LogP contribution in [0.2, 0.25) is 0 Å². The van der Waals surface area contributed by atoms with Gasteiger partial charge in [0.05, 0.1) is 6.54 Å². The number of alkyl halides is 3.